The fourth-order valence-corrected chi connectivity index (χ4v) is 2.78. The van der Waals surface area contributed by atoms with Gasteiger partial charge in [-0.3, -0.25) is 4.68 Å². The molecule has 5 nitrogen and oxygen atoms in total. The Labute approximate surface area is 134 Å². The van der Waals surface area contributed by atoms with Crippen molar-refractivity contribution in [2.75, 3.05) is 6.54 Å². The molecule has 9 heteroatoms. The van der Waals surface area contributed by atoms with Crippen LogP contribution < -0.4 is 0 Å². The summed E-state index contributed by atoms with van der Waals surface area (Å²) in [4.78, 5) is 13.5. The van der Waals surface area contributed by atoms with Gasteiger partial charge in [-0.2, -0.15) is 18.3 Å². The van der Waals surface area contributed by atoms with Gasteiger partial charge in [0.15, 0.2) is 0 Å². The number of halogens is 4. The van der Waals surface area contributed by atoms with E-state index in [4.69, 9.17) is 4.74 Å². The van der Waals surface area contributed by atoms with E-state index < -0.39 is 24.4 Å². The van der Waals surface area contributed by atoms with Crippen LogP contribution in [0.2, 0.25) is 0 Å². The van der Waals surface area contributed by atoms with Crippen LogP contribution in [0.5, 0.6) is 0 Å². The van der Waals surface area contributed by atoms with Crippen LogP contribution in [0.4, 0.5) is 18.0 Å². The molecule has 124 valence electrons. The lowest BCUT2D eigenvalue weighted by molar-refractivity contribution is -0.143. The fraction of sp³-hybridized carbons (Fsp3) is 0.692. The molecule has 0 unspecified atom stereocenters. The van der Waals surface area contributed by atoms with Crippen LogP contribution in [0, 0.1) is 0 Å². The van der Waals surface area contributed by atoms with Crippen molar-refractivity contribution in [2.45, 2.75) is 52.1 Å². The number of carbonyl (C=O) groups excluding carboxylic acids is 1. The molecule has 0 saturated heterocycles. The van der Waals surface area contributed by atoms with E-state index in [0.717, 1.165) is 4.68 Å². The average Bonchev–Trinajstić information content (AvgIpc) is 2.61. The van der Waals surface area contributed by atoms with Crippen LogP contribution in [-0.4, -0.2) is 39.1 Å². The van der Waals surface area contributed by atoms with E-state index in [1.807, 2.05) is 0 Å². The number of rotatable bonds is 1. The number of hydrogen-bond donors (Lipinski definition) is 0. The van der Waals surface area contributed by atoms with Gasteiger partial charge < -0.3 is 9.64 Å². The third kappa shape index (κ3) is 4.15. The minimum absolute atomic E-state index is 0.183. The highest BCUT2D eigenvalue weighted by Crippen LogP contribution is 2.29. The monoisotopic (exact) mass is 383 g/mol. The van der Waals surface area contributed by atoms with Gasteiger partial charge in [-0.15, -0.1) is 0 Å². The third-order valence-corrected chi connectivity index (χ3v) is 3.70. The zero-order chi connectivity index (χ0) is 16.7. The molecule has 0 fully saturated rings. The highest BCUT2D eigenvalue weighted by molar-refractivity contribution is 9.10. The van der Waals surface area contributed by atoms with E-state index in [-0.39, 0.29) is 6.54 Å². The van der Waals surface area contributed by atoms with E-state index >= 15 is 0 Å². The molecule has 0 aromatic carbocycles. The molecule has 0 radical (unpaired) electrons. The normalized spacial score (nSPS) is 15.7. The summed E-state index contributed by atoms with van der Waals surface area (Å²) in [6.07, 6.45) is -4.50. The van der Waals surface area contributed by atoms with Gasteiger partial charge in [0.25, 0.3) is 0 Å². The average molecular weight is 384 g/mol. The molecule has 1 amide bonds. The lowest BCUT2D eigenvalue weighted by Crippen LogP contribution is -2.40. The number of nitrogens with zero attached hydrogens (tertiary/aromatic N) is 3. The molecule has 1 aromatic heterocycles. The second kappa shape index (κ2) is 5.75. The van der Waals surface area contributed by atoms with Gasteiger partial charge in [0.2, 0.25) is 0 Å². The molecular formula is C13H17BrF3N3O2. The van der Waals surface area contributed by atoms with Gasteiger partial charge >= 0.3 is 12.3 Å². The maximum atomic E-state index is 12.6. The number of ether oxygens (including phenoxy) is 1. The van der Waals surface area contributed by atoms with Crippen molar-refractivity contribution in [3.8, 4) is 0 Å². The van der Waals surface area contributed by atoms with E-state index in [1.54, 1.807) is 20.8 Å². The van der Waals surface area contributed by atoms with Crippen molar-refractivity contribution in [3.63, 3.8) is 0 Å². The van der Waals surface area contributed by atoms with Crippen LogP contribution in [0.25, 0.3) is 0 Å². The van der Waals surface area contributed by atoms with E-state index in [2.05, 4.69) is 21.0 Å². The molecule has 2 heterocycles. The molecule has 0 atom stereocenters. The smallest absolute Gasteiger partial charge is 0.410 e. The Kier molecular flexibility index (Phi) is 4.47. The van der Waals surface area contributed by atoms with E-state index in [9.17, 15) is 18.0 Å². The minimum atomic E-state index is -4.33. The summed E-state index contributed by atoms with van der Waals surface area (Å²) < 4.78 is 44.2. The zero-order valence-electron chi connectivity index (χ0n) is 12.5. The molecule has 0 bridgehead atoms. The van der Waals surface area contributed by atoms with E-state index in [1.165, 1.54) is 4.90 Å². The summed E-state index contributed by atoms with van der Waals surface area (Å²) in [5, 5.41) is 3.88. The Balaban J connectivity index is 2.16. The fourth-order valence-electron chi connectivity index (χ4n) is 2.23. The Morgan fingerprint density at radius 1 is 1.36 bits per heavy atom. The predicted octanol–water partition coefficient (Wildman–Crippen LogP) is 3.50. The Morgan fingerprint density at radius 3 is 2.55 bits per heavy atom. The highest BCUT2D eigenvalue weighted by Gasteiger charge is 2.34. The number of alkyl halides is 3. The number of aromatic nitrogens is 2. The van der Waals surface area contributed by atoms with Crippen molar-refractivity contribution in [2.24, 2.45) is 0 Å². The lowest BCUT2D eigenvalue weighted by atomic mass is 10.1. The Morgan fingerprint density at radius 2 is 2.00 bits per heavy atom. The van der Waals surface area contributed by atoms with Gasteiger partial charge in [-0.05, 0) is 36.7 Å². The third-order valence-electron chi connectivity index (χ3n) is 3.07. The molecule has 22 heavy (non-hydrogen) atoms. The van der Waals surface area contributed by atoms with Crippen LogP contribution in [0.1, 0.15) is 32.0 Å². The number of fused-ring (bicyclic) bond motifs is 1. The first-order chi connectivity index (χ1) is 9.96. The second-order valence-electron chi connectivity index (χ2n) is 6.14. The van der Waals surface area contributed by atoms with Crippen molar-refractivity contribution < 1.29 is 22.7 Å². The molecule has 0 aliphatic carbocycles. The SMILES string of the molecule is CC(C)(C)OC(=O)N1CCc2c(c(Br)nn2CC(F)(F)F)C1. The summed E-state index contributed by atoms with van der Waals surface area (Å²) in [5.41, 5.74) is 0.486. The maximum Gasteiger partial charge on any atom is 0.410 e. The summed E-state index contributed by atoms with van der Waals surface area (Å²) in [6.45, 7) is 4.64. The lowest BCUT2D eigenvalue weighted by Gasteiger charge is -2.30. The first-order valence-electron chi connectivity index (χ1n) is 6.75. The van der Waals surface area contributed by atoms with Gasteiger partial charge in [0, 0.05) is 24.2 Å². The highest BCUT2D eigenvalue weighted by atomic mass is 79.9. The maximum absolute atomic E-state index is 12.6. The zero-order valence-corrected chi connectivity index (χ0v) is 14.1. The van der Waals surface area contributed by atoms with Gasteiger partial charge in [-0.25, -0.2) is 4.79 Å². The number of amides is 1. The van der Waals surface area contributed by atoms with Gasteiger partial charge in [-0.1, -0.05) is 0 Å². The molecule has 2 rings (SSSR count). The van der Waals surface area contributed by atoms with Crippen molar-refractivity contribution in [3.05, 3.63) is 15.9 Å². The first-order valence-corrected chi connectivity index (χ1v) is 7.54. The van der Waals surface area contributed by atoms with Crippen molar-refractivity contribution in [1.29, 1.82) is 0 Å². The van der Waals surface area contributed by atoms with Gasteiger partial charge in [0.05, 0.1) is 6.54 Å². The number of carbonyl (C=O) groups is 1. The first kappa shape index (κ1) is 17.1. The van der Waals surface area contributed by atoms with Crippen molar-refractivity contribution >= 4 is 22.0 Å². The Bertz CT molecular complexity index is 578. The number of hydrogen-bond acceptors (Lipinski definition) is 3. The largest absolute Gasteiger partial charge is 0.444 e. The standard InChI is InChI=1S/C13H17BrF3N3O2/c1-12(2,3)22-11(21)19-5-4-9-8(6-19)10(14)18-20(9)7-13(15,16)17/h4-7H2,1-3H3. The summed E-state index contributed by atoms with van der Waals surface area (Å²) in [7, 11) is 0. The van der Waals surface area contributed by atoms with E-state index in [0.29, 0.717) is 28.8 Å². The van der Waals surface area contributed by atoms with Crippen molar-refractivity contribution in [1.82, 2.24) is 14.7 Å². The summed E-state index contributed by atoms with van der Waals surface area (Å²) in [5.74, 6) is 0. The quantitative estimate of drug-likeness (QED) is 0.745. The molecule has 0 N–H and O–H groups in total. The molecule has 1 aromatic rings. The predicted molar refractivity (Wildman–Crippen MR) is 76.3 cm³/mol. The topological polar surface area (TPSA) is 47.4 Å². The second-order valence-corrected chi connectivity index (χ2v) is 6.89. The van der Waals surface area contributed by atoms with Crippen LogP contribution in [-0.2, 0) is 24.2 Å². The molecule has 0 saturated carbocycles. The van der Waals surface area contributed by atoms with Gasteiger partial charge in [0.1, 0.15) is 16.7 Å². The van der Waals surface area contributed by atoms with Crippen LogP contribution in [0.3, 0.4) is 0 Å². The van der Waals surface area contributed by atoms with Crippen LogP contribution >= 0.6 is 15.9 Å². The molecule has 0 spiro atoms. The molecular weight excluding hydrogens is 367 g/mol. The minimum Gasteiger partial charge on any atom is -0.444 e. The molecule has 1 aliphatic heterocycles. The summed E-state index contributed by atoms with van der Waals surface area (Å²) >= 11 is 3.17. The summed E-state index contributed by atoms with van der Waals surface area (Å²) in [6, 6.07) is 0. The van der Waals surface area contributed by atoms with Crippen LogP contribution in [0.15, 0.2) is 4.60 Å². The molecule has 1 aliphatic rings. The Hall–Kier alpha value is -1.25.